The molecule has 0 saturated heterocycles. The third-order valence-corrected chi connectivity index (χ3v) is 6.75. The molecule has 28 heavy (non-hydrogen) atoms. The second-order valence-corrected chi connectivity index (χ2v) is 10.1. The summed E-state index contributed by atoms with van der Waals surface area (Å²) in [5, 5.41) is 9.24. The Kier molecular flexibility index (Phi) is 24.6. The zero-order chi connectivity index (χ0) is 20.4. The molecule has 0 fully saturated rings. The van der Waals surface area contributed by atoms with E-state index >= 15 is 0 Å². The Morgan fingerprint density at radius 2 is 1.00 bits per heavy atom. The van der Waals surface area contributed by atoms with Gasteiger partial charge in [0, 0.05) is 5.25 Å². The first kappa shape index (κ1) is 31.7. The van der Waals surface area contributed by atoms with Crippen LogP contribution in [-0.4, -0.2) is 29.4 Å². The molecule has 1 N–H and O–H groups in total. The van der Waals surface area contributed by atoms with Gasteiger partial charge in [-0.2, -0.15) is 0 Å². The number of unbranched alkanes of at least 4 members (excludes halogenated alkanes) is 13. The maximum Gasteiger partial charge on any atom is 1.00 e. The first-order valence-electron chi connectivity index (χ1n) is 11.5. The standard InChI is InChI=1S/C22H46O4S.K/c1-3-4-5-12-16-19-22(23)20-17-14-11-9-7-6-8-10-13-15-18-21(2)27(24,25)26;/h21-23H,3-20H2,1-2H3,(H,24,25,26);/q;+1/p-1. The van der Waals surface area contributed by atoms with E-state index in [4.69, 9.17) is 0 Å². The number of hydrogen-bond donors (Lipinski definition) is 1. The molecule has 0 aliphatic carbocycles. The van der Waals surface area contributed by atoms with Crippen LogP contribution in [0.4, 0.5) is 0 Å². The zero-order valence-corrected chi connectivity index (χ0v) is 22.9. The van der Waals surface area contributed by atoms with Crippen LogP contribution in [0.25, 0.3) is 0 Å². The molecular formula is C22H45KO4S. The van der Waals surface area contributed by atoms with Gasteiger partial charge in [0.15, 0.2) is 0 Å². The summed E-state index contributed by atoms with van der Waals surface area (Å²) in [5.74, 6) is 0. The van der Waals surface area contributed by atoms with Crippen LogP contribution in [0.15, 0.2) is 0 Å². The van der Waals surface area contributed by atoms with Crippen LogP contribution in [0.5, 0.6) is 0 Å². The quantitative estimate of drug-likeness (QED) is 0.177. The van der Waals surface area contributed by atoms with Crippen LogP contribution in [0, 0.1) is 0 Å². The molecule has 2 unspecified atom stereocenters. The van der Waals surface area contributed by atoms with Crippen molar-refractivity contribution in [2.24, 2.45) is 0 Å². The van der Waals surface area contributed by atoms with Gasteiger partial charge >= 0.3 is 51.4 Å². The summed E-state index contributed by atoms with van der Waals surface area (Å²) < 4.78 is 32.4. The maximum atomic E-state index is 10.8. The molecule has 2 atom stereocenters. The van der Waals surface area contributed by atoms with Crippen molar-refractivity contribution in [3.05, 3.63) is 0 Å². The molecule has 0 aromatic rings. The second-order valence-electron chi connectivity index (χ2n) is 8.27. The average Bonchev–Trinajstić information content (AvgIpc) is 2.61. The molecule has 6 heteroatoms. The minimum Gasteiger partial charge on any atom is -0.748 e. The van der Waals surface area contributed by atoms with Gasteiger partial charge in [-0.3, -0.25) is 0 Å². The summed E-state index contributed by atoms with van der Waals surface area (Å²) in [6.07, 6.45) is 20.3. The van der Waals surface area contributed by atoms with Crippen LogP contribution in [0.1, 0.15) is 129 Å². The molecule has 0 bridgehead atoms. The van der Waals surface area contributed by atoms with Gasteiger partial charge in [-0.15, -0.1) is 0 Å². The number of hydrogen-bond acceptors (Lipinski definition) is 4. The summed E-state index contributed by atoms with van der Waals surface area (Å²) in [6, 6.07) is 0. The Bertz CT molecular complexity index is 415. The third kappa shape index (κ3) is 22.2. The topological polar surface area (TPSA) is 77.4 Å². The van der Waals surface area contributed by atoms with E-state index in [9.17, 15) is 18.1 Å². The van der Waals surface area contributed by atoms with Gasteiger partial charge in [-0.1, -0.05) is 103 Å². The number of rotatable bonds is 20. The van der Waals surface area contributed by atoms with Crippen molar-refractivity contribution in [1.82, 2.24) is 0 Å². The van der Waals surface area contributed by atoms with Crippen molar-refractivity contribution in [3.8, 4) is 0 Å². The van der Waals surface area contributed by atoms with Gasteiger partial charge in [0.2, 0.25) is 0 Å². The molecule has 0 radical (unpaired) electrons. The van der Waals surface area contributed by atoms with E-state index in [-0.39, 0.29) is 57.5 Å². The van der Waals surface area contributed by atoms with Crippen LogP contribution in [0.3, 0.4) is 0 Å². The van der Waals surface area contributed by atoms with Gasteiger partial charge in [0.25, 0.3) is 0 Å². The molecule has 0 spiro atoms. The Balaban J connectivity index is 0. The monoisotopic (exact) mass is 444 g/mol. The van der Waals surface area contributed by atoms with Crippen LogP contribution >= 0.6 is 0 Å². The molecule has 164 valence electrons. The first-order chi connectivity index (χ1) is 12.9. The first-order valence-corrected chi connectivity index (χ1v) is 13.0. The molecule has 0 saturated carbocycles. The van der Waals surface area contributed by atoms with Gasteiger partial charge < -0.3 is 9.66 Å². The van der Waals surface area contributed by atoms with Crippen molar-refractivity contribution in [2.45, 2.75) is 141 Å². The van der Waals surface area contributed by atoms with Gasteiger partial charge in [0.1, 0.15) is 0 Å². The molecule has 0 rings (SSSR count). The summed E-state index contributed by atoms with van der Waals surface area (Å²) in [6.45, 7) is 3.74. The minimum absolute atomic E-state index is 0. The smallest absolute Gasteiger partial charge is 0.748 e. The van der Waals surface area contributed by atoms with Gasteiger partial charge in [0.05, 0.1) is 16.2 Å². The Morgan fingerprint density at radius 1 is 0.679 bits per heavy atom. The second kappa shape index (κ2) is 21.7. The van der Waals surface area contributed by atoms with Gasteiger partial charge in [-0.05, 0) is 26.2 Å². The van der Waals surface area contributed by atoms with E-state index in [0.29, 0.717) is 6.42 Å². The SMILES string of the molecule is CCCCCCCC(O)CCCCCCCCCCCCC(C)S(=O)(=O)[O-].[K+]. The van der Waals surface area contributed by atoms with Crippen molar-refractivity contribution < 1.29 is 69.5 Å². The molecule has 0 aliphatic rings. The number of aliphatic hydroxyl groups is 1. The summed E-state index contributed by atoms with van der Waals surface area (Å²) in [4.78, 5) is 0. The third-order valence-electron chi connectivity index (χ3n) is 5.53. The predicted molar refractivity (Wildman–Crippen MR) is 114 cm³/mol. The Labute approximate surface area is 218 Å². The average molecular weight is 445 g/mol. The van der Waals surface area contributed by atoms with E-state index in [1.165, 1.54) is 77.6 Å². The molecule has 0 aliphatic heterocycles. The molecule has 0 heterocycles. The largest absolute Gasteiger partial charge is 1.00 e. The van der Waals surface area contributed by atoms with Crippen molar-refractivity contribution in [1.29, 1.82) is 0 Å². The molecule has 0 amide bonds. The van der Waals surface area contributed by atoms with E-state index in [2.05, 4.69) is 6.92 Å². The van der Waals surface area contributed by atoms with Gasteiger partial charge in [-0.25, -0.2) is 8.42 Å². The Morgan fingerprint density at radius 3 is 1.36 bits per heavy atom. The van der Waals surface area contributed by atoms with Crippen LogP contribution in [-0.2, 0) is 10.1 Å². The van der Waals surface area contributed by atoms with Crippen LogP contribution in [0.2, 0.25) is 0 Å². The van der Waals surface area contributed by atoms with Crippen molar-refractivity contribution in [3.63, 3.8) is 0 Å². The van der Waals surface area contributed by atoms with Crippen molar-refractivity contribution >= 4 is 10.1 Å². The van der Waals surface area contributed by atoms with E-state index in [0.717, 1.165) is 38.5 Å². The molecule has 0 aromatic carbocycles. The predicted octanol–water partition coefficient (Wildman–Crippen LogP) is 3.33. The molecule has 0 aromatic heterocycles. The number of aliphatic hydroxyl groups excluding tert-OH is 1. The van der Waals surface area contributed by atoms with E-state index in [1.54, 1.807) is 0 Å². The minimum atomic E-state index is -4.09. The van der Waals surface area contributed by atoms with Crippen molar-refractivity contribution in [2.75, 3.05) is 0 Å². The summed E-state index contributed by atoms with van der Waals surface area (Å²) in [7, 11) is -4.09. The normalized spacial score (nSPS) is 13.9. The molecular weight excluding hydrogens is 399 g/mol. The summed E-state index contributed by atoms with van der Waals surface area (Å²) >= 11 is 0. The Hall–Kier alpha value is 1.51. The fraction of sp³-hybridized carbons (Fsp3) is 1.00. The fourth-order valence-electron chi connectivity index (χ4n) is 3.50. The molecule has 4 nitrogen and oxygen atoms in total. The fourth-order valence-corrected chi connectivity index (χ4v) is 3.95. The maximum absolute atomic E-state index is 10.8. The van der Waals surface area contributed by atoms with Crippen LogP contribution < -0.4 is 51.4 Å². The van der Waals surface area contributed by atoms with E-state index < -0.39 is 15.4 Å². The van der Waals surface area contributed by atoms with E-state index in [1.807, 2.05) is 0 Å². The zero-order valence-electron chi connectivity index (χ0n) is 19.0. The summed E-state index contributed by atoms with van der Waals surface area (Å²) in [5.41, 5.74) is 0.